The molecule has 0 saturated heterocycles. The number of rotatable bonds is 13. The number of hydrogen-bond acceptors (Lipinski definition) is 4. The fourth-order valence-electron chi connectivity index (χ4n) is 2.70. The van der Waals surface area contributed by atoms with Crippen LogP contribution in [0.4, 0.5) is 0 Å². The molecule has 1 aromatic rings. The van der Waals surface area contributed by atoms with E-state index in [1.807, 2.05) is 0 Å². The average Bonchev–Trinajstić information content (AvgIpc) is 2.60. The van der Waals surface area contributed by atoms with Crippen molar-refractivity contribution >= 4 is 16.0 Å². The number of carboxylic acids is 1. The lowest BCUT2D eigenvalue weighted by Gasteiger charge is -2.18. The summed E-state index contributed by atoms with van der Waals surface area (Å²) >= 11 is 0. The van der Waals surface area contributed by atoms with E-state index in [9.17, 15) is 18.3 Å². The summed E-state index contributed by atoms with van der Waals surface area (Å²) in [7, 11) is -3.33. The third-order valence-corrected chi connectivity index (χ3v) is 5.58. The molecule has 6 nitrogen and oxygen atoms in total. The predicted octanol–water partition coefficient (Wildman–Crippen LogP) is 3.08. The SMILES string of the molecule is CCCCCC(O)C=CCN(CCCc1ccc(C(=O)O)cc1)S(C)(=O)=O. The molecule has 0 bridgehead atoms. The lowest BCUT2D eigenvalue weighted by Crippen LogP contribution is -2.31. The van der Waals surface area contributed by atoms with Gasteiger partial charge in [0.25, 0.3) is 0 Å². The molecule has 1 unspecified atom stereocenters. The molecule has 0 aliphatic heterocycles. The van der Waals surface area contributed by atoms with Gasteiger partial charge in [-0.3, -0.25) is 0 Å². The van der Waals surface area contributed by atoms with Gasteiger partial charge in [-0.1, -0.05) is 50.5 Å². The lowest BCUT2D eigenvalue weighted by atomic mass is 10.1. The average molecular weight is 398 g/mol. The van der Waals surface area contributed by atoms with Gasteiger partial charge in [0.15, 0.2) is 0 Å². The summed E-state index contributed by atoms with van der Waals surface area (Å²) in [6.45, 7) is 2.71. The van der Waals surface area contributed by atoms with E-state index in [1.165, 1.54) is 10.6 Å². The Morgan fingerprint density at radius 1 is 1.19 bits per heavy atom. The Morgan fingerprint density at radius 3 is 2.41 bits per heavy atom. The molecular weight excluding hydrogens is 366 g/mol. The number of aryl methyl sites for hydroxylation is 1. The molecule has 0 heterocycles. The largest absolute Gasteiger partial charge is 0.478 e. The van der Waals surface area contributed by atoms with Crippen molar-refractivity contribution in [2.45, 2.75) is 51.6 Å². The second-order valence-corrected chi connectivity index (χ2v) is 8.70. The molecule has 7 heteroatoms. The van der Waals surface area contributed by atoms with Crippen LogP contribution in [0, 0.1) is 0 Å². The van der Waals surface area contributed by atoms with E-state index in [4.69, 9.17) is 5.11 Å². The first kappa shape index (κ1) is 23.3. The minimum Gasteiger partial charge on any atom is -0.478 e. The summed E-state index contributed by atoms with van der Waals surface area (Å²) in [5.41, 5.74) is 1.20. The van der Waals surface area contributed by atoms with Gasteiger partial charge < -0.3 is 10.2 Å². The van der Waals surface area contributed by atoms with Gasteiger partial charge in [0.05, 0.1) is 17.9 Å². The van der Waals surface area contributed by atoms with E-state index in [2.05, 4.69) is 6.92 Å². The van der Waals surface area contributed by atoms with Crippen LogP contribution in [0.15, 0.2) is 36.4 Å². The predicted molar refractivity (Wildman–Crippen MR) is 107 cm³/mol. The molecule has 1 aromatic carbocycles. The summed E-state index contributed by atoms with van der Waals surface area (Å²) in [5.74, 6) is -0.964. The van der Waals surface area contributed by atoms with Crippen molar-refractivity contribution in [1.29, 1.82) is 0 Å². The third kappa shape index (κ3) is 9.70. The number of carbonyl (C=O) groups is 1. The van der Waals surface area contributed by atoms with Crippen LogP contribution in [0.3, 0.4) is 0 Å². The van der Waals surface area contributed by atoms with Crippen molar-refractivity contribution in [2.75, 3.05) is 19.3 Å². The quantitative estimate of drug-likeness (QED) is 0.394. The molecule has 0 spiro atoms. The fraction of sp³-hybridized carbons (Fsp3) is 0.550. The third-order valence-electron chi connectivity index (χ3n) is 4.31. The molecular formula is C20H31NO5S. The molecule has 1 atom stereocenters. The monoisotopic (exact) mass is 397 g/mol. The molecule has 152 valence electrons. The van der Waals surface area contributed by atoms with Gasteiger partial charge in [-0.05, 0) is 37.0 Å². The van der Waals surface area contributed by atoms with Crippen LogP contribution in [0.5, 0.6) is 0 Å². The van der Waals surface area contributed by atoms with Gasteiger partial charge in [-0.15, -0.1) is 0 Å². The Labute approximate surface area is 162 Å². The molecule has 0 saturated carbocycles. The first-order valence-electron chi connectivity index (χ1n) is 9.36. The summed E-state index contributed by atoms with van der Waals surface area (Å²) in [4.78, 5) is 10.9. The van der Waals surface area contributed by atoms with Crippen molar-refractivity contribution in [3.05, 3.63) is 47.5 Å². The Morgan fingerprint density at radius 2 is 1.85 bits per heavy atom. The fourth-order valence-corrected chi connectivity index (χ4v) is 3.52. The Hall–Kier alpha value is -1.70. The van der Waals surface area contributed by atoms with Gasteiger partial charge >= 0.3 is 5.97 Å². The number of aliphatic hydroxyl groups is 1. The maximum atomic E-state index is 11.9. The molecule has 0 amide bonds. The molecule has 0 radical (unpaired) electrons. The zero-order valence-corrected chi connectivity index (χ0v) is 17.0. The van der Waals surface area contributed by atoms with Gasteiger partial charge in [-0.2, -0.15) is 4.31 Å². The van der Waals surface area contributed by atoms with Crippen LogP contribution in [-0.4, -0.2) is 54.4 Å². The standard InChI is InChI=1S/C20H31NO5S/c1-3-4-5-9-19(22)10-7-16-21(27(2,25)26)15-6-8-17-11-13-18(14-12-17)20(23)24/h7,10-14,19,22H,3-6,8-9,15-16H2,1-2H3,(H,23,24). The zero-order chi connectivity index (χ0) is 20.3. The van der Waals surface area contributed by atoms with E-state index < -0.39 is 22.1 Å². The smallest absolute Gasteiger partial charge is 0.335 e. The number of sulfonamides is 1. The highest BCUT2D eigenvalue weighted by molar-refractivity contribution is 7.88. The van der Waals surface area contributed by atoms with Crippen molar-refractivity contribution in [3.8, 4) is 0 Å². The highest BCUT2D eigenvalue weighted by Gasteiger charge is 2.14. The number of nitrogens with zero attached hydrogens (tertiary/aromatic N) is 1. The number of carboxylic acid groups (broad SMARTS) is 1. The number of aliphatic hydroxyl groups excluding tert-OH is 1. The van der Waals surface area contributed by atoms with Crippen LogP contribution in [0.2, 0.25) is 0 Å². The van der Waals surface area contributed by atoms with E-state index >= 15 is 0 Å². The van der Waals surface area contributed by atoms with E-state index in [0.717, 1.165) is 24.8 Å². The molecule has 0 aliphatic rings. The van der Waals surface area contributed by atoms with Crippen molar-refractivity contribution in [2.24, 2.45) is 0 Å². The van der Waals surface area contributed by atoms with Crippen LogP contribution in [0.1, 0.15) is 54.9 Å². The molecule has 1 rings (SSSR count). The maximum Gasteiger partial charge on any atom is 0.335 e. The second kappa shape index (κ2) is 11.9. The molecule has 0 aromatic heterocycles. The maximum absolute atomic E-state index is 11.9. The number of unbranched alkanes of at least 4 members (excludes halogenated alkanes) is 2. The van der Waals surface area contributed by atoms with Crippen LogP contribution in [0.25, 0.3) is 0 Å². The minimum atomic E-state index is -3.33. The topological polar surface area (TPSA) is 94.9 Å². The van der Waals surface area contributed by atoms with E-state index in [-0.39, 0.29) is 12.1 Å². The number of benzene rings is 1. The summed E-state index contributed by atoms with van der Waals surface area (Å²) in [6.07, 6.45) is 9.13. The number of hydrogen-bond donors (Lipinski definition) is 2. The van der Waals surface area contributed by atoms with Crippen molar-refractivity contribution < 1.29 is 23.4 Å². The zero-order valence-electron chi connectivity index (χ0n) is 16.2. The van der Waals surface area contributed by atoms with Crippen LogP contribution < -0.4 is 0 Å². The summed E-state index contributed by atoms with van der Waals surface area (Å²) in [6, 6.07) is 6.60. The van der Waals surface area contributed by atoms with Crippen molar-refractivity contribution in [1.82, 2.24) is 4.31 Å². The van der Waals surface area contributed by atoms with Crippen LogP contribution >= 0.6 is 0 Å². The normalized spacial score (nSPS) is 13.3. The highest BCUT2D eigenvalue weighted by atomic mass is 32.2. The summed E-state index contributed by atoms with van der Waals surface area (Å²) in [5, 5.41) is 18.8. The highest BCUT2D eigenvalue weighted by Crippen LogP contribution is 2.09. The molecule has 2 N–H and O–H groups in total. The van der Waals surface area contributed by atoms with Gasteiger partial charge in [0.2, 0.25) is 10.0 Å². The van der Waals surface area contributed by atoms with Crippen molar-refractivity contribution in [3.63, 3.8) is 0 Å². The van der Waals surface area contributed by atoms with E-state index in [1.54, 1.807) is 36.4 Å². The van der Waals surface area contributed by atoms with E-state index in [0.29, 0.717) is 25.8 Å². The Balaban J connectivity index is 2.49. The molecule has 0 aliphatic carbocycles. The Kier molecular flexibility index (Phi) is 10.3. The van der Waals surface area contributed by atoms with Crippen LogP contribution in [-0.2, 0) is 16.4 Å². The second-order valence-electron chi connectivity index (χ2n) is 6.72. The number of aromatic carboxylic acids is 1. The molecule has 0 fully saturated rings. The first-order chi connectivity index (χ1) is 12.7. The first-order valence-corrected chi connectivity index (χ1v) is 11.2. The lowest BCUT2D eigenvalue weighted by molar-refractivity contribution is 0.0697. The van der Waals surface area contributed by atoms with Gasteiger partial charge in [0.1, 0.15) is 0 Å². The van der Waals surface area contributed by atoms with Gasteiger partial charge in [-0.25, -0.2) is 13.2 Å². The van der Waals surface area contributed by atoms with Gasteiger partial charge in [0, 0.05) is 13.1 Å². The summed E-state index contributed by atoms with van der Waals surface area (Å²) < 4.78 is 25.3. The molecule has 27 heavy (non-hydrogen) atoms. The minimum absolute atomic E-state index is 0.235. The Bertz CT molecular complexity index is 698.